The first-order valence-corrected chi connectivity index (χ1v) is 11.5. The van der Waals surface area contributed by atoms with Gasteiger partial charge in [-0.15, -0.1) is 15.3 Å². The topological polar surface area (TPSA) is 99.2 Å². The summed E-state index contributed by atoms with van der Waals surface area (Å²) >= 11 is 6.13. The summed E-state index contributed by atoms with van der Waals surface area (Å²) in [6.07, 6.45) is 1.81. The fourth-order valence-electron chi connectivity index (χ4n) is 4.50. The number of aromatic nitrogens is 6. The van der Waals surface area contributed by atoms with E-state index < -0.39 is 0 Å². The zero-order valence-corrected chi connectivity index (χ0v) is 19.5. The fraction of sp³-hybridized carbons (Fsp3) is 0.160. The molecule has 6 rings (SSSR count). The van der Waals surface area contributed by atoms with Gasteiger partial charge in [-0.3, -0.25) is 4.79 Å². The van der Waals surface area contributed by atoms with Gasteiger partial charge >= 0.3 is 0 Å². The monoisotopic (exact) mass is 485 g/mol. The van der Waals surface area contributed by atoms with Crippen LogP contribution in [-0.4, -0.2) is 35.5 Å². The molecule has 0 fully saturated rings. The molecule has 3 aromatic heterocycles. The number of hydrogen-bond donors (Lipinski definition) is 1. The summed E-state index contributed by atoms with van der Waals surface area (Å²) in [5.41, 5.74) is 4.26. The van der Waals surface area contributed by atoms with Gasteiger partial charge in [0.05, 0.1) is 5.69 Å². The predicted octanol–water partition coefficient (Wildman–Crippen LogP) is 4.32. The van der Waals surface area contributed by atoms with Crippen molar-refractivity contribution < 1.29 is 9.53 Å². The molecular weight excluding hydrogens is 466 g/mol. The van der Waals surface area contributed by atoms with Crippen LogP contribution in [0.1, 0.15) is 34.7 Å². The van der Waals surface area contributed by atoms with E-state index in [9.17, 15) is 4.79 Å². The number of carbonyl (C=O) groups excluding carboxylic acids is 1. The summed E-state index contributed by atoms with van der Waals surface area (Å²) in [7, 11) is 0. The molecule has 5 aromatic rings. The Morgan fingerprint density at radius 3 is 2.89 bits per heavy atom. The van der Waals surface area contributed by atoms with Crippen LogP contribution in [0, 0.1) is 6.92 Å². The molecule has 0 unspecified atom stereocenters. The molecule has 0 saturated carbocycles. The molecule has 0 bridgehead atoms. The van der Waals surface area contributed by atoms with E-state index >= 15 is 0 Å². The molecule has 2 aromatic carbocycles. The first-order valence-electron chi connectivity index (χ1n) is 11.1. The van der Waals surface area contributed by atoms with Gasteiger partial charge in [-0.25, -0.2) is 0 Å². The number of nitrogens with zero attached hydrogens (tertiary/aromatic N) is 6. The third-order valence-corrected chi connectivity index (χ3v) is 6.28. The predicted molar refractivity (Wildman–Crippen MR) is 130 cm³/mol. The number of anilines is 1. The van der Waals surface area contributed by atoms with E-state index in [1.807, 2.05) is 55.5 Å². The van der Waals surface area contributed by atoms with Crippen molar-refractivity contribution >= 4 is 29.0 Å². The fourth-order valence-corrected chi connectivity index (χ4v) is 4.71. The number of ether oxygens (including phenoxy) is 1. The molecule has 0 aliphatic carbocycles. The molecule has 1 N–H and O–H groups in total. The molecule has 1 aliphatic heterocycles. The first-order chi connectivity index (χ1) is 17.1. The van der Waals surface area contributed by atoms with Gasteiger partial charge in [0, 0.05) is 28.5 Å². The van der Waals surface area contributed by atoms with Gasteiger partial charge in [0.25, 0.3) is 0 Å². The molecule has 1 amide bonds. The number of nitrogens with one attached hydrogen (secondary N) is 1. The minimum absolute atomic E-state index is 0.0985. The van der Waals surface area contributed by atoms with Crippen molar-refractivity contribution in [3.8, 4) is 11.6 Å². The molecule has 0 saturated heterocycles. The summed E-state index contributed by atoms with van der Waals surface area (Å²) in [4.78, 5) is 12.8. The van der Waals surface area contributed by atoms with E-state index in [0.717, 1.165) is 22.4 Å². The van der Waals surface area contributed by atoms with Gasteiger partial charge < -0.3 is 10.1 Å². The molecular formula is C25H20ClN7O2. The maximum Gasteiger partial charge on any atom is 0.226 e. The number of halogens is 1. The van der Waals surface area contributed by atoms with Crippen molar-refractivity contribution in [3.63, 3.8) is 0 Å². The second-order valence-electron chi connectivity index (χ2n) is 8.35. The number of para-hydroxylation sites is 1. The standard InChI is InChI=1S/C25H20ClN7O2/c1-15-24-19(18-7-2-3-8-20(18)35-13-16-5-4-6-17(26)11-16)12-23(34)28-25(24)33(30-15)22-10-9-21-29-27-14-32(21)31-22/h2-11,14,19H,12-13H2,1H3,(H,28,34)/t19-/m1/s1. The van der Waals surface area contributed by atoms with Gasteiger partial charge in [-0.1, -0.05) is 41.9 Å². The first kappa shape index (κ1) is 21.3. The van der Waals surface area contributed by atoms with E-state index in [4.69, 9.17) is 21.4 Å². The van der Waals surface area contributed by atoms with E-state index in [2.05, 4.69) is 20.6 Å². The molecule has 1 atom stereocenters. The lowest BCUT2D eigenvalue weighted by Gasteiger charge is -2.26. The SMILES string of the molecule is Cc1nn(-c2ccc3nncn3n2)c2c1[C@@H](c1ccccc1OCc1cccc(Cl)c1)CC(=O)N2. The number of carbonyl (C=O) groups is 1. The summed E-state index contributed by atoms with van der Waals surface area (Å²) in [5.74, 6) is 1.55. The van der Waals surface area contributed by atoms with Crippen LogP contribution in [-0.2, 0) is 11.4 Å². The van der Waals surface area contributed by atoms with E-state index in [0.29, 0.717) is 34.7 Å². The van der Waals surface area contributed by atoms with Gasteiger partial charge in [0.2, 0.25) is 5.91 Å². The van der Waals surface area contributed by atoms with Crippen LogP contribution in [0.15, 0.2) is 67.0 Å². The zero-order valence-electron chi connectivity index (χ0n) is 18.7. The lowest BCUT2D eigenvalue weighted by atomic mass is 9.85. The second-order valence-corrected chi connectivity index (χ2v) is 8.78. The number of aryl methyl sites for hydroxylation is 1. The average Bonchev–Trinajstić information content (AvgIpc) is 3.46. The Morgan fingerprint density at radius 2 is 2.00 bits per heavy atom. The van der Waals surface area contributed by atoms with Crippen molar-refractivity contribution in [2.24, 2.45) is 0 Å². The van der Waals surface area contributed by atoms with Crippen LogP contribution < -0.4 is 10.1 Å². The Labute approximate surface area is 205 Å². The summed E-state index contributed by atoms with van der Waals surface area (Å²) in [5, 5.41) is 20.8. The Balaban J connectivity index is 1.39. The number of rotatable bonds is 5. The van der Waals surface area contributed by atoms with E-state index in [-0.39, 0.29) is 18.2 Å². The van der Waals surface area contributed by atoms with Gasteiger partial charge in [-0.05, 0) is 42.8 Å². The van der Waals surface area contributed by atoms with Crippen LogP contribution in [0.2, 0.25) is 5.02 Å². The highest BCUT2D eigenvalue weighted by Crippen LogP contribution is 2.43. The largest absolute Gasteiger partial charge is 0.489 e. The Kier molecular flexibility index (Phi) is 5.18. The van der Waals surface area contributed by atoms with Crippen molar-refractivity contribution in [1.82, 2.24) is 29.6 Å². The van der Waals surface area contributed by atoms with Crippen molar-refractivity contribution in [1.29, 1.82) is 0 Å². The van der Waals surface area contributed by atoms with Gasteiger partial charge in [0.1, 0.15) is 24.5 Å². The molecule has 35 heavy (non-hydrogen) atoms. The van der Waals surface area contributed by atoms with Crippen molar-refractivity contribution in [3.05, 3.63) is 94.4 Å². The lowest BCUT2D eigenvalue weighted by Crippen LogP contribution is -2.25. The Morgan fingerprint density at radius 1 is 1.11 bits per heavy atom. The third kappa shape index (κ3) is 3.89. The Hall–Kier alpha value is -4.24. The quantitative estimate of drug-likeness (QED) is 0.398. The second kappa shape index (κ2) is 8.52. The third-order valence-electron chi connectivity index (χ3n) is 6.04. The Bertz CT molecular complexity index is 1580. The number of amides is 1. The maximum atomic E-state index is 12.8. The van der Waals surface area contributed by atoms with Crippen molar-refractivity contribution in [2.45, 2.75) is 25.9 Å². The van der Waals surface area contributed by atoms with E-state index in [1.165, 1.54) is 6.33 Å². The van der Waals surface area contributed by atoms with Gasteiger partial charge in [0.15, 0.2) is 11.5 Å². The smallest absolute Gasteiger partial charge is 0.226 e. The molecule has 0 radical (unpaired) electrons. The van der Waals surface area contributed by atoms with Crippen LogP contribution in [0.25, 0.3) is 11.5 Å². The molecule has 174 valence electrons. The molecule has 4 heterocycles. The van der Waals surface area contributed by atoms with Crippen LogP contribution in [0.3, 0.4) is 0 Å². The summed E-state index contributed by atoms with van der Waals surface area (Å²) < 4.78 is 9.43. The number of fused-ring (bicyclic) bond motifs is 2. The van der Waals surface area contributed by atoms with Crippen LogP contribution in [0.4, 0.5) is 5.82 Å². The maximum absolute atomic E-state index is 12.8. The number of hydrogen-bond acceptors (Lipinski definition) is 6. The molecule has 9 nitrogen and oxygen atoms in total. The van der Waals surface area contributed by atoms with E-state index in [1.54, 1.807) is 21.3 Å². The summed E-state index contributed by atoms with van der Waals surface area (Å²) in [6.45, 7) is 2.30. The summed E-state index contributed by atoms with van der Waals surface area (Å²) in [6, 6.07) is 19.0. The number of benzene rings is 2. The minimum atomic E-state index is -0.221. The molecule has 10 heteroatoms. The van der Waals surface area contributed by atoms with Gasteiger partial charge in [-0.2, -0.15) is 14.3 Å². The zero-order chi connectivity index (χ0) is 23.9. The average molecular weight is 486 g/mol. The van der Waals surface area contributed by atoms with Crippen molar-refractivity contribution in [2.75, 3.05) is 5.32 Å². The highest BCUT2D eigenvalue weighted by atomic mass is 35.5. The van der Waals surface area contributed by atoms with Crippen LogP contribution >= 0.6 is 11.6 Å². The lowest BCUT2D eigenvalue weighted by molar-refractivity contribution is -0.116. The molecule has 1 aliphatic rings. The normalized spacial score (nSPS) is 15.1. The van der Waals surface area contributed by atoms with Crippen LogP contribution in [0.5, 0.6) is 5.75 Å². The highest BCUT2D eigenvalue weighted by molar-refractivity contribution is 6.30. The molecule has 0 spiro atoms. The minimum Gasteiger partial charge on any atom is -0.489 e. The highest BCUT2D eigenvalue weighted by Gasteiger charge is 2.34.